The molecule has 0 aromatic rings. The van der Waals surface area contributed by atoms with E-state index in [0.29, 0.717) is 19.3 Å². The zero-order valence-electron chi connectivity index (χ0n) is 36.8. The largest absolute Gasteiger partial charge is 0.462 e. The van der Waals surface area contributed by atoms with Crippen LogP contribution in [0.25, 0.3) is 0 Å². The smallest absolute Gasteiger partial charge is 0.306 e. The summed E-state index contributed by atoms with van der Waals surface area (Å²) in [6, 6.07) is 0. The van der Waals surface area contributed by atoms with Crippen molar-refractivity contribution in [3.63, 3.8) is 0 Å². The van der Waals surface area contributed by atoms with E-state index in [4.69, 9.17) is 14.2 Å². The van der Waals surface area contributed by atoms with Crippen LogP contribution in [0.2, 0.25) is 0 Å². The Kier molecular flexibility index (Phi) is 39.8. The third kappa shape index (κ3) is 41.6. The van der Waals surface area contributed by atoms with E-state index in [1.165, 1.54) is 148 Å². The van der Waals surface area contributed by atoms with Gasteiger partial charge in [-0.1, -0.05) is 221 Å². The van der Waals surface area contributed by atoms with E-state index in [1.807, 2.05) is 0 Å². The number of esters is 3. The van der Waals surface area contributed by atoms with Gasteiger partial charge in [0.05, 0.1) is 0 Å². The number of hydrogen-bond donors (Lipinski definition) is 0. The van der Waals surface area contributed by atoms with Crippen molar-refractivity contribution in [1.29, 1.82) is 0 Å². The molecule has 0 saturated carbocycles. The lowest BCUT2D eigenvalue weighted by Crippen LogP contribution is -2.30. The first-order valence-corrected chi connectivity index (χ1v) is 23.7. The number of rotatable bonds is 42. The molecule has 54 heavy (non-hydrogen) atoms. The van der Waals surface area contributed by atoms with Crippen molar-refractivity contribution >= 4 is 17.9 Å². The van der Waals surface area contributed by atoms with Crippen molar-refractivity contribution in [2.24, 2.45) is 11.8 Å². The van der Waals surface area contributed by atoms with E-state index in [9.17, 15) is 14.4 Å². The molecule has 0 rings (SSSR count). The van der Waals surface area contributed by atoms with Crippen LogP contribution in [0.15, 0.2) is 0 Å². The molecule has 1 atom stereocenters. The predicted octanol–water partition coefficient (Wildman–Crippen LogP) is 15.0. The van der Waals surface area contributed by atoms with Crippen LogP contribution >= 0.6 is 0 Å². The van der Waals surface area contributed by atoms with Crippen molar-refractivity contribution in [3.8, 4) is 0 Å². The molecule has 0 saturated heterocycles. The minimum atomic E-state index is -0.760. The molecular weight excluding hydrogens is 673 g/mol. The monoisotopic (exact) mass is 765 g/mol. The Labute approximate surface area is 336 Å². The number of ether oxygens (including phenoxy) is 3. The SMILES string of the molecule is CCCCCCCCCCCCCC(=O)OC[C@H](COC(=O)CCCCCCCCCC(C)C)OC(=O)CCCCCCCCCCCCCCC(C)C. The molecule has 0 radical (unpaired) electrons. The van der Waals surface area contributed by atoms with Gasteiger partial charge in [-0.15, -0.1) is 0 Å². The fourth-order valence-electron chi connectivity index (χ4n) is 7.11. The lowest BCUT2D eigenvalue weighted by atomic mass is 10.0. The van der Waals surface area contributed by atoms with E-state index in [-0.39, 0.29) is 31.1 Å². The topological polar surface area (TPSA) is 78.9 Å². The summed E-state index contributed by atoms with van der Waals surface area (Å²) in [6.45, 7) is 11.3. The summed E-state index contributed by atoms with van der Waals surface area (Å²) in [7, 11) is 0. The van der Waals surface area contributed by atoms with Gasteiger partial charge in [0.15, 0.2) is 6.10 Å². The van der Waals surface area contributed by atoms with E-state index in [1.54, 1.807) is 0 Å². The molecule has 6 heteroatoms. The number of carbonyl (C=O) groups excluding carboxylic acids is 3. The van der Waals surface area contributed by atoms with Gasteiger partial charge in [-0.2, -0.15) is 0 Å². The highest BCUT2D eigenvalue weighted by molar-refractivity contribution is 5.71. The molecular formula is C48H92O6. The first kappa shape index (κ1) is 52.4. The highest BCUT2D eigenvalue weighted by atomic mass is 16.6. The summed E-state index contributed by atoms with van der Waals surface area (Å²) in [5.41, 5.74) is 0. The van der Waals surface area contributed by atoms with Crippen LogP contribution in [0.1, 0.15) is 259 Å². The highest BCUT2D eigenvalue weighted by Crippen LogP contribution is 2.17. The van der Waals surface area contributed by atoms with Crippen LogP contribution in [-0.4, -0.2) is 37.2 Å². The van der Waals surface area contributed by atoms with Crippen LogP contribution in [0.3, 0.4) is 0 Å². The van der Waals surface area contributed by atoms with Crippen molar-refractivity contribution in [1.82, 2.24) is 0 Å². The van der Waals surface area contributed by atoms with Gasteiger partial charge in [0.1, 0.15) is 13.2 Å². The van der Waals surface area contributed by atoms with Gasteiger partial charge in [0, 0.05) is 19.3 Å². The summed E-state index contributed by atoms with van der Waals surface area (Å²) in [4.78, 5) is 37.7. The van der Waals surface area contributed by atoms with Crippen LogP contribution in [0.4, 0.5) is 0 Å². The molecule has 0 aliphatic carbocycles. The van der Waals surface area contributed by atoms with Gasteiger partial charge in [-0.3, -0.25) is 14.4 Å². The predicted molar refractivity (Wildman–Crippen MR) is 229 cm³/mol. The Balaban J connectivity index is 4.32. The summed E-state index contributed by atoms with van der Waals surface area (Å²) < 4.78 is 16.7. The third-order valence-electron chi connectivity index (χ3n) is 10.7. The Hall–Kier alpha value is -1.59. The first-order chi connectivity index (χ1) is 26.2. The number of hydrogen-bond acceptors (Lipinski definition) is 6. The Morgan fingerprint density at radius 2 is 0.611 bits per heavy atom. The second kappa shape index (κ2) is 41.1. The van der Waals surface area contributed by atoms with Crippen molar-refractivity contribution in [2.45, 2.75) is 265 Å². The summed E-state index contributed by atoms with van der Waals surface area (Å²) in [6.07, 6.45) is 39.5. The number of unbranched alkanes of at least 4 members (excludes halogenated alkanes) is 27. The summed E-state index contributed by atoms with van der Waals surface area (Å²) in [5.74, 6) is 0.756. The zero-order chi connectivity index (χ0) is 39.7. The van der Waals surface area contributed by atoms with E-state index < -0.39 is 6.10 Å². The summed E-state index contributed by atoms with van der Waals surface area (Å²) in [5, 5.41) is 0. The van der Waals surface area contributed by atoms with Crippen molar-refractivity contribution < 1.29 is 28.6 Å². The Bertz CT molecular complexity index is 824. The molecule has 320 valence electrons. The molecule has 0 bridgehead atoms. The normalized spacial score (nSPS) is 12.1. The second-order valence-electron chi connectivity index (χ2n) is 17.3. The molecule has 0 N–H and O–H groups in total. The van der Waals surface area contributed by atoms with Crippen LogP contribution in [0, 0.1) is 11.8 Å². The Morgan fingerprint density at radius 1 is 0.352 bits per heavy atom. The lowest BCUT2D eigenvalue weighted by Gasteiger charge is -2.18. The maximum Gasteiger partial charge on any atom is 0.306 e. The molecule has 0 aromatic heterocycles. The molecule has 6 nitrogen and oxygen atoms in total. The fourth-order valence-corrected chi connectivity index (χ4v) is 7.11. The van der Waals surface area contributed by atoms with Gasteiger partial charge < -0.3 is 14.2 Å². The van der Waals surface area contributed by atoms with Gasteiger partial charge in [0.25, 0.3) is 0 Å². The molecule has 0 fully saturated rings. The van der Waals surface area contributed by atoms with Crippen LogP contribution in [-0.2, 0) is 28.6 Å². The maximum absolute atomic E-state index is 12.7. The minimum Gasteiger partial charge on any atom is -0.462 e. The molecule has 0 amide bonds. The average Bonchev–Trinajstić information content (AvgIpc) is 3.14. The summed E-state index contributed by atoms with van der Waals surface area (Å²) >= 11 is 0. The molecule has 0 spiro atoms. The standard InChI is InChI=1S/C48H92O6/c1-6-7-8-9-10-11-14-18-23-28-33-38-46(49)52-41-45(42-53-47(50)39-34-29-25-20-22-27-32-37-44(4)5)54-48(51)40-35-30-24-19-16-13-12-15-17-21-26-31-36-43(2)3/h43-45H,6-42H2,1-5H3/t45-/m1/s1. The van der Waals surface area contributed by atoms with E-state index in [0.717, 1.165) is 69.6 Å². The highest BCUT2D eigenvalue weighted by Gasteiger charge is 2.19. The second-order valence-corrected chi connectivity index (χ2v) is 17.3. The van der Waals surface area contributed by atoms with Crippen LogP contribution in [0.5, 0.6) is 0 Å². The molecule has 0 unspecified atom stereocenters. The van der Waals surface area contributed by atoms with Gasteiger partial charge in [0.2, 0.25) is 0 Å². The average molecular weight is 765 g/mol. The van der Waals surface area contributed by atoms with Gasteiger partial charge in [-0.05, 0) is 31.1 Å². The maximum atomic E-state index is 12.7. The zero-order valence-corrected chi connectivity index (χ0v) is 36.8. The number of carbonyl (C=O) groups is 3. The van der Waals surface area contributed by atoms with Crippen molar-refractivity contribution in [3.05, 3.63) is 0 Å². The quantitative estimate of drug-likeness (QED) is 0.0350. The van der Waals surface area contributed by atoms with Gasteiger partial charge in [-0.25, -0.2) is 0 Å². The molecule has 0 heterocycles. The van der Waals surface area contributed by atoms with E-state index >= 15 is 0 Å². The third-order valence-corrected chi connectivity index (χ3v) is 10.7. The first-order valence-electron chi connectivity index (χ1n) is 23.7. The fraction of sp³-hybridized carbons (Fsp3) is 0.938. The van der Waals surface area contributed by atoms with E-state index in [2.05, 4.69) is 34.6 Å². The molecule has 0 aliphatic heterocycles. The molecule has 0 aliphatic rings. The minimum absolute atomic E-state index is 0.0648. The molecule has 0 aromatic carbocycles. The van der Waals surface area contributed by atoms with Crippen LogP contribution < -0.4 is 0 Å². The Morgan fingerprint density at radius 3 is 0.907 bits per heavy atom. The van der Waals surface area contributed by atoms with Crippen molar-refractivity contribution in [2.75, 3.05) is 13.2 Å². The lowest BCUT2D eigenvalue weighted by molar-refractivity contribution is -0.167. The van der Waals surface area contributed by atoms with Gasteiger partial charge >= 0.3 is 17.9 Å².